The van der Waals surface area contributed by atoms with Crippen molar-refractivity contribution in [3.63, 3.8) is 0 Å². The van der Waals surface area contributed by atoms with Crippen LogP contribution in [0.1, 0.15) is 35.6 Å². The van der Waals surface area contributed by atoms with Crippen molar-refractivity contribution in [2.24, 2.45) is 0 Å². The third-order valence-corrected chi connectivity index (χ3v) is 5.43. The highest BCUT2D eigenvalue weighted by molar-refractivity contribution is 5.94. The molecule has 0 amide bonds. The lowest BCUT2D eigenvalue weighted by Crippen LogP contribution is -2.17. The van der Waals surface area contributed by atoms with E-state index in [1.165, 1.54) is 11.1 Å². The molecule has 0 bridgehead atoms. The summed E-state index contributed by atoms with van der Waals surface area (Å²) in [6.07, 6.45) is 6.84. The molecule has 4 aromatic rings. The fraction of sp³-hybridized carbons (Fsp3) is 0.174. The highest BCUT2D eigenvalue weighted by atomic mass is 15.1. The second-order valence-corrected chi connectivity index (χ2v) is 7.19. The van der Waals surface area contributed by atoms with Crippen LogP contribution in [0.2, 0.25) is 0 Å². The van der Waals surface area contributed by atoms with Gasteiger partial charge in [-0.15, -0.1) is 0 Å². The van der Waals surface area contributed by atoms with Gasteiger partial charge in [0.15, 0.2) is 0 Å². The van der Waals surface area contributed by atoms with Crippen molar-refractivity contribution in [3.8, 4) is 17.3 Å². The van der Waals surface area contributed by atoms with E-state index in [0.29, 0.717) is 0 Å². The average molecular weight is 365 g/mol. The molecule has 0 saturated heterocycles. The van der Waals surface area contributed by atoms with Gasteiger partial charge in [-0.1, -0.05) is 6.07 Å². The van der Waals surface area contributed by atoms with Crippen LogP contribution < -0.4 is 5.32 Å². The van der Waals surface area contributed by atoms with Crippen molar-refractivity contribution in [1.29, 1.82) is 5.26 Å². The predicted molar refractivity (Wildman–Crippen MR) is 110 cm³/mol. The van der Waals surface area contributed by atoms with E-state index >= 15 is 0 Å². The molecule has 1 unspecified atom stereocenters. The van der Waals surface area contributed by atoms with E-state index in [0.717, 1.165) is 52.7 Å². The van der Waals surface area contributed by atoms with Crippen molar-refractivity contribution in [2.45, 2.75) is 25.3 Å². The average Bonchev–Trinajstić information content (AvgIpc) is 3.17. The maximum atomic E-state index is 9.16. The summed E-state index contributed by atoms with van der Waals surface area (Å²) in [6.45, 7) is 0. The number of aromatic amines is 1. The second-order valence-electron chi connectivity index (χ2n) is 7.19. The van der Waals surface area contributed by atoms with Gasteiger partial charge in [0.25, 0.3) is 0 Å². The van der Waals surface area contributed by atoms with E-state index in [1.807, 2.05) is 30.5 Å². The smallest absolute Gasteiger partial charge is 0.102 e. The monoisotopic (exact) mass is 365 g/mol. The summed E-state index contributed by atoms with van der Waals surface area (Å²) < 4.78 is 0. The summed E-state index contributed by atoms with van der Waals surface area (Å²) in [5.74, 6) is 0. The van der Waals surface area contributed by atoms with Gasteiger partial charge < -0.3 is 5.32 Å². The molecule has 136 valence electrons. The third-order valence-electron chi connectivity index (χ3n) is 5.43. The highest BCUT2D eigenvalue weighted by Gasteiger charge is 2.21. The molecule has 1 aliphatic rings. The molecule has 28 heavy (non-hydrogen) atoms. The van der Waals surface area contributed by atoms with Gasteiger partial charge in [-0.05, 0) is 72.9 Å². The van der Waals surface area contributed by atoms with Crippen LogP contribution in [-0.2, 0) is 6.42 Å². The van der Waals surface area contributed by atoms with Gasteiger partial charge in [-0.2, -0.15) is 10.4 Å². The van der Waals surface area contributed by atoms with E-state index in [9.17, 15) is 0 Å². The lowest BCUT2D eigenvalue weighted by atomic mass is 9.86. The van der Waals surface area contributed by atoms with Crippen LogP contribution in [0.25, 0.3) is 22.2 Å². The third kappa shape index (κ3) is 2.89. The molecule has 0 radical (unpaired) electrons. The summed E-state index contributed by atoms with van der Waals surface area (Å²) in [7, 11) is 0. The van der Waals surface area contributed by atoms with Crippen molar-refractivity contribution in [3.05, 3.63) is 77.6 Å². The fourth-order valence-electron chi connectivity index (χ4n) is 4.06. The van der Waals surface area contributed by atoms with Crippen LogP contribution in [0.4, 0.5) is 5.69 Å². The largest absolute Gasteiger partial charge is 0.378 e. The summed E-state index contributed by atoms with van der Waals surface area (Å²) in [6, 6.07) is 18.8. The number of nitrogens with zero attached hydrogens (tertiary/aromatic N) is 3. The first-order valence-electron chi connectivity index (χ1n) is 9.50. The van der Waals surface area contributed by atoms with Gasteiger partial charge in [0.1, 0.15) is 5.69 Å². The van der Waals surface area contributed by atoms with Crippen molar-refractivity contribution in [2.75, 3.05) is 5.32 Å². The van der Waals surface area contributed by atoms with Crippen LogP contribution in [0, 0.1) is 11.3 Å². The minimum atomic E-state index is 0.252. The number of rotatable bonds is 3. The molecule has 2 heterocycles. The van der Waals surface area contributed by atoms with Crippen LogP contribution >= 0.6 is 0 Å². The number of aromatic nitrogens is 3. The van der Waals surface area contributed by atoms with Crippen molar-refractivity contribution in [1.82, 2.24) is 15.2 Å². The molecule has 1 aliphatic carbocycles. The Balaban J connectivity index is 1.49. The van der Waals surface area contributed by atoms with E-state index in [-0.39, 0.29) is 6.04 Å². The molecule has 0 saturated carbocycles. The number of H-pyrrole nitrogens is 1. The van der Waals surface area contributed by atoms with E-state index in [1.54, 1.807) is 6.20 Å². The Hall–Kier alpha value is -3.65. The van der Waals surface area contributed by atoms with Gasteiger partial charge >= 0.3 is 0 Å². The van der Waals surface area contributed by atoms with E-state index in [4.69, 9.17) is 5.26 Å². The molecule has 5 rings (SSSR count). The van der Waals surface area contributed by atoms with Crippen LogP contribution in [-0.4, -0.2) is 15.2 Å². The topological polar surface area (TPSA) is 77.4 Å². The Morgan fingerprint density at radius 3 is 2.96 bits per heavy atom. The Labute approximate surface area is 163 Å². The van der Waals surface area contributed by atoms with E-state index in [2.05, 4.69) is 50.8 Å². The van der Waals surface area contributed by atoms with Crippen molar-refractivity contribution < 1.29 is 0 Å². The molecular formula is C23H19N5. The number of fused-ring (bicyclic) bond motifs is 2. The number of hydrogen-bond donors (Lipinski definition) is 2. The zero-order valence-electron chi connectivity index (χ0n) is 15.3. The Bertz CT molecular complexity index is 1190. The molecule has 2 aromatic heterocycles. The number of hydrogen-bond acceptors (Lipinski definition) is 4. The zero-order chi connectivity index (χ0) is 18.9. The Morgan fingerprint density at radius 2 is 2.11 bits per heavy atom. The normalized spacial score (nSPS) is 15.8. The standard InChI is InChI=1S/C23H19N5/c24-13-15-6-8-19-16(11-15)3-1-5-21(19)26-18-7-9-22-20(12-18)23(28-27-22)17-4-2-10-25-14-17/h2,4,6-12,14,21,26H,1,3,5H2,(H,27,28). The first-order valence-corrected chi connectivity index (χ1v) is 9.50. The predicted octanol–water partition coefficient (Wildman–Crippen LogP) is 4.99. The Kier molecular flexibility index (Phi) is 4.02. The number of anilines is 1. The first kappa shape index (κ1) is 16.5. The number of nitriles is 1. The van der Waals surface area contributed by atoms with Crippen LogP contribution in [0.15, 0.2) is 60.9 Å². The Morgan fingerprint density at radius 1 is 1.14 bits per heavy atom. The van der Waals surface area contributed by atoms with E-state index < -0.39 is 0 Å². The van der Waals surface area contributed by atoms with Crippen molar-refractivity contribution >= 4 is 16.6 Å². The molecule has 5 heteroatoms. The molecule has 0 spiro atoms. The van der Waals surface area contributed by atoms with Crippen LogP contribution in [0.5, 0.6) is 0 Å². The molecule has 0 fully saturated rings. The van der Waals surface area contributed by atoms with Gasteiger partial charge in [0, 0.05) is 29.0 Å². The first-order chi connectivity index (χ1) is 13.8. The molecule has 2 N–H and O–H groups in total. The van der Waals surface area contributed by atoms with Gasteiger partial charge in [-0.3, -0.25) is 10.1 Å². The summed E-state index contributed by atoms with van der Waals surface area (Å²) >= 11 is 0. The van der Waals surface area contributed by atoms with Gasteiger partial charge in [0.2, 0.25) is 0 Å². The number of pyridine rings is 1. The zero-order valence-corrected chi connectivity index (χ0v) is 15.3. The lowest BCUT2D eigenvalue weighted by Gasteiger charge is -2.27. The fourth-order valence-corrected chi connectivity index (χ4v) is 4.06. The maximum Gasteiger partial charge on any atom is 0.102 e. The number of aryl methyl sites for hydroxylation is 1. The summed E-state index contributed by atoms with van der Waals surface area (Å²) in [5, 5.41) is 21.5. The highest BCUT2D eigenvalue weighted by Crippen LogP contribution is 2.34. The van der Waals surface area contributed by atoms with Gasteiger partial charge in [0.05, 0.1) is 23.2 Å². The summed E-state index contributed by atoms with van der Waals surface area (Å²) in [5.41, 5.74) is 7.30. The maximum absolute atomic E-state index is 9.16. The minimum absolute atomic E-state index is 0.252. The number of benzene rings is 2. The molecular weight excluding hydrogens is 346 g/mol. The molecule has 1 atom stereocenters. The van der Waals surface area contributed by atoms with Crippen LogP contribution in [0.3, 0.4) is 0 Å². The summed E-state index contributed by atoms with van der Waals surface area (Å²) in [4.78, 5) is 4.21. The minimum Gasteiger partial charge on any atom is -0.378 e. The SMILES string of the molecule is N#Cc1ccc2c(c1)CCCC2Nc1ccc2[nH]nc(-c3cccnc3)c2c1. The van der Waals surface area contributed by atoms with Gasteiger partial charge in [-0.25, -0.2) is 0 Å². The second kappa shape index (κ2) is 6.82. The number of nitrogens with one attached hydrogen (secondary N) is 2. The molecule has 2 aromatic carbocycles. The molecule has 0 aliphatic heterocycles. The lowest BCUT2D eigenvalue weighted by molar-refractivity contribution is 0.600. The quantitative estimate of drug-likeness (QED) is 0.536. The molecule has 5 nitrogen and oxygen atoms in total.